The molecule has 3 aromatic rings. The standard InChI is InChI=1S/C15H19N5/c1-2-7-19-9-6-17-15(19)10-13(16)12-11-18-20-8-4-3-5-14(12)20/h3-6,8-9,11,13H,2,7,10,16H2,1H3. The van der Waals surface area contributed by atoms with Gasteiger partial charge in [-0.05, 0) is 18.6 Å². The minimum atomic E-state index is -0.0899. The molecule has 0 aromatic carbocycles. The van der Waals surface area contributed by atoms with Crippen LogP contribution < -0.4 is 5.73 Å². The van der Waals surface area contributed by atoms with Crippen molar-refractivity contribution < 1.29 is 0 Å². The van der Waals surface area contributed by atoms with E-state index in [1.54, 1.807) is 0 Å². The fourth-order valence-electron chi connectivity index (χ4n) is 2.52. The van der Waals surface area contributed by atoms with Crippen LogP contribution >= 0.6 is 0 Å². The molecule has 104 valence electrons. The van der Waals surface area contributed by atoms with E-state index < -0.39 is 0 Å². The normalized spacial score (nSPS) is 12.9. The van der Waals surface area contributed by atoms with Crippen LogP contribution in [0, 0.1) is 0 Å². The number of hydrogen-bond donors (Lipinski definition) is 1. The lowest BCUT2D eigenvalue weighted by Crippen LogP contribution is -2.16. The lowest BCUT2D eigenvalue weighted by molar-refractivity contribution is 0.600. The van der Waals surface area contributed by atoms with Gasteiger partial charge in [0.25, 0.3) is 0 Å². The van der Waals surface area contributed by atoms with Gasteiger partial charge in [-0.2, -0.15) is 5.10 Å². The summed E-state index contributed by atoms with van der Waals surface area (Å²) in [6.45, 7) is 3.14. The molecular weight excluding hydrogens is 250 g/mol. The van der Waals surface area contributed by atoms with Crippen molar-refractivity contribution in [1.82, 2.24) is 19.2 Å². The van der Waals surface area contributed by atoms with E-state index in [9.17, 15) is 0 Å². The molecule has 0 radical (unpaired) electrons. The highest BCUT2D eigenvalue weighted by molar-refractivity contribution is 5.54. The van der Waals surface area contributed by atoms with Gasteiger partial charge in [-0.3, -0.25) is 0 Å². The van der Waals surface area contributed by atoms with Gasteiger partial charge in [-0.15, -0.1) is 0 Å². The van der Waals surface area contributed by atoms with Crippen molar-refractivity contribution in [2.75, 3.05) is 0 Å². The second kappa shape index (κ2) is 5.46. The van der Waals surface area contributed by atoms with Crippen molar-refractivity contribution in [2.24, 2.45) is 5.73 Å². The Hall–Kier alpha value is -2.14. The average molecular weight is 269 g/mol. The van der Waals surface area contributed by atoms with Crippen molar-refractivity contribution in [2.45, 2.75) is 32.4 Å². The van der Waals surface area contributed by atoms with Crippen molar-refractivity contribution >= 4 is 5.52 Å². The summed E-state index contributed by atoms with van der Waals surface area (Å²) >= 11 is 0. The topological polar surface area (TPSA) is 61.1 Å². The van der Waals surface area contributed by atoms with E-state index in [0.717, 1.165) is 36.3 Å². The number of imidazole rings is 1. The van der Waals surface area contributed by atoms with Gasteiger partial charge in [0.15, 0.2) is 0 Å². The summed E-state index contributed by atoms with van der Waals surface area (Å²) in [5.41, 5.74) is 8.48. The Morgan fingerprint density at radius 3 is 3.05 bits per heavy atom. The third kappa shape index (κ3) is 2.32. The summed E-state index contributed by atoms with van der Waals surface area (Å²) in [4.78, 5) is 4.42. The summed E-state index contributed by atoms with van der Waals surface area (Å²) in [5.74, 6) is 1.04. The fourth-order valence-corrected chi connectivity index (χ4v) is 2.52. The highest BCUT2D eigenvalue weighted by Crippen LogP contribution is 2.20. The molecule has 5 heteroatoms. The molecule has 0 fully saturated rings. The molecule has 3 heterocycles. The zero-order chi connectivity index (χ0) is 13.9. The fraction of sp³-hybridized carbons (Fsp3) is 0.333. The van der Waals surface area contributed by atoms with Crippen LogP contribution in [-0.2, 0) is 13.0 Å². The Labute approximate surface area is 118 Å². The van der Waals surface area contributed by atoms with E-state index in [1.807, 2.05) is 47.5 Å². The predicted octanol–water partition coefficient (Wildman–Crippen LogP) is 2.18. The SMILES string of the molecule is CCCn1ccnc1CC(N)c1cnn2ccccc12. The van der Waals surface area contributed by atoms with Crippen LogP contribution in [0.3, 0.4) is 0 Å². The van der Waals surface area contributed by atoms with Gasteiger partial charge >= 0.3 is 0 Å². The minimum absolute atomic E-state index is 0.0899. The third-order valence-corrected chi connectivity index (χ3v) is 3.52. The minimum Gasteiger partial charge on any atom is -0.335 e. The van der Waals surface area contributed by atoms with Crippen molar-refractivity contribution in [3.63, 3.8) is 0 Å². The smallest absolute Gasteiger partial charge is 0.110 e. The second-order valence-corrected chi connectivity index (χ2v) is 4.98. The van der Waals surface area contributed by atoms with Crippen LogP contribution in [-0.4, -0.2) is 19.2 Å². The number of rotatable bonds is 5. The summed E-state index contributed by atoms with van der Waals surface area (Å²) in [6, 6.07) is 5.92. The molecule has 5 nitrogen and oxygen atoms in total. The van der Waals surface area contributed by atoms with Crippen molar-refractivity contribution in [1.29, 1.82) is 0 Å². The van der Waals surface area contributed by atoms with Crippen LogP contribution in [0.1, 0.15) is 30.8 Å². The Balaban J connectivity index is 1.85. The maximum absolute atomic E-state index is 6.36. The molecule has 0 amide bonds. The van der Waals surface area contributed by atoms with Gasteiger partial charge in [-0.1, -0.05) is 13.0 Å². The number of hydrogen-bond acceptors (Lipinski definition) is 3. The monoisotopic (exact) mass is 269 g/mol. The molecule has 0 aliphatic heterocycles. The zero-order valence-electron chi connectivity index (χ0n) is 11.6. The number of aromatic nitrogens is 4. The molecule has 0 saturated heterocycles. The predicted molar refractivity (Wildman–Crippen MR) is 78.3 cm³/mol. The highest BCUT2D eigenvalue weighted by atomic mass is 15.2. The highest BCUT2D eigenvalue weighted by Gasteiger charge is 2.15. The van der Waals surface area contributed by atoms with E-state index in [4.69, 9.17) is 5.73 Å². The van der Waals surface area contributed by atoms with Gasteiger partial charge < -0.3 is 10.3 Å². The summed E-state index contributed by atoms with van der Waals surface area (Å²) in [5, 5.41) is 4.34. The molecule has 0 bridgehead atoms. The molecule has 3 rings (SSSR count). The largest absolute Gasteiger partial charge is 0.335 e. The first-order chi connectivity index (χ1) is 9.79. The van der Waals surface area contributed by atoms with E-state index in [-0.39, 0.29) is 6.04 Å². The van der Waals surface area contributed by atoms with Gasteiger partial charge in [-0.25, -0.2) is 9.50 Å². The van der Waals surface area contributed by atoms with Gasteiger partial charge in [0.05, 0.1) is 11.7 Å². The molecule has 20 heavy (non-hydrogen) atoms. The van der Waals surface area contributed by atoms with Crippen molar-refractivity contribution in [3.8, 4) is 0 Å². The lowest BCUT2D eigenvalue weighted by Gasteiger charge is -2.12. The molecule has 0 saturated carbocycles. The zero-order valence-corrected chi connectivity index (χ0v) is 11.6. The average Bonchev–Trinajstić information content (AvgIpc) is 3.06. The number of aryl methyl sites for hydroxylation is 1. The summed E-state index contributed by atoms with van der Waals surface area (Å²) in [7, 11) is 0. The maximum atomic E-state index is 6.36. The molecule has 1 atom stereocenters. The summed E-state index contributed by atoms with van der Waals surface area (Å²) < 4.78 is 4.03. The quantitative estimate of drug-likeness (QED) is 0.772. The van der Waals surface area contributed by atoms with Crippen LogP contribution in [0.25, 0.3) is 5.52 Å². The van der Waals surface area contributed by atoms with Gasteiger partial charge in [0.1, 0.15) is 5.82 Å². The molecule has 1 unspecified atom stereocenters. The van der Waals surface area contributed by atoms with Crippen LogP contribution in [0.5, 0.6) is 0 Å². The van der Waals surface area contributed by atoms with Gasteiger partial charge in [0.2, 0.25) is 0 Å². The Kier molecular flexibility index (Phi) is 3.52. The van der Waals surface area contributed by atoms with Crippen LogP contribution in [0.2, 0.25) is 0 Å². The molecule has 3 aromatic heterocycles. The van der Waals surface area contributed by atoms with Gasteiger partial charge in [0, 0.05) is 43.2 Å². The Bertz CT molecular complexity index is 697. The molecular formula is C15H19N5. The maximum Gasteiger partial charge on any atom is 0.110 e. The first-order valence-corrected chi connectivity index (χ1v) is 6.97. The van der Waals surface area contributed by atoms with E-state index >= 15 is 0 Å². The molecule has 0 spiro atoms. The van der Waals surface area contributed by atoms with Crippen LogP contribution in [0.4, 0.5) is 0 Å². The number of fused-ring (bicyclic) bond motifs is 1. The van der Waals surface area contributed by atoms with E-state index in [2.05, 4.69) is 21.6 Å². The van der Waals surface area contributed by atoms with Crippen molar-refractivity contribution in [3.05, 3.63) is 54.4 Å². The molecule has 0 aliphatic carbocycles. The number of nitrogens with two attached hydrogens (primary N) is 1. The van der Waals surface area contributed by atoms with E-state index in [0.29, 0.717) is 0 Å². The number of nitrogens with zero attached hydrogens (tertiary/aromatic N) is 4. The van der Waals surface area contributed by atoms with E-state index in [1.165, 1.54) is 0 Å². The number of pyridine rings is 1. The first-order valence-electron chi connectivity index (χ1n) is 6.97. The lowest BCUT2D eigenvalue weighted by atomic mass is 10.1. The van der Waals surface area contributed by atoms with Crippen LogP contribution in [0.15, 0.2) is 43.0 Å². The third-order valence-electron chi connectivity index (χ3n) is 3.52. The Morgan fingerprint density at radius 1 is 1.30 bits per heavy atom. The first kappa shape index (κ1) is 12.9. The molecule has 0 aliphatic rings. The second-order valence-electron chi connectivity index (χ2n) is 4.98. The Morgan fingerprint density at radius 2 is 2.20 bits per heavy atom. The summed E-state index contributed by atoms with van der Waals surface area (Å²) in [6.07, 6.45) is 9.46. The molecule has 2 N–H and O–H groups in total.